The van der Waals surface area contributed by atoms with Crippen LogP contribution in [-0.2, 0) is 17.8 Å². The molecule has 1 fully saturated rings. The number of aromatic nitrogens is 1. The molecule has 0 radical (unpaired) electrons. The van der Waals surface area contributed by atoms with Crippen LogP contribution in [0.4, 0.5) is 4.79 Å². The summed E-state index contributed by atoms with van der Waals surface area (Å²) >= 11 is 0. The highest BCUT2D eigenvalue weighted by molar-refractivity contribution is 5.68. The number of hydrogen-bond donors (Lipinski definition) is 1. The van der Waals surface area contributed by atoms with Gasteiger partial charge in [-0.3, -0.25) is 0 Å². The zero-order valence-electron chi connectivity index (χ0n) is 15.0. The number of carbonyl (C=O) groups excluding carboxylic acids is 1. The quantitative estimate of drug-likeness (QED) is 0.817. The Bertz CT molecular complexity index is 505. The third-order valence-corrected chi connectivity index (χ3v) is 4.23. The van der Waals surface area contributed by atoms with Crippen molar-refractivity contribution in [3.8, 4) is 0 Å². The highest BCUT2D eigenvalue weighted by atomic mass is 16.6. The molecule has 0 aromatic carbocycles. The van der Waals surface area contributed by atoms with Gasteiger partial charge in [-0.15, -0.1) is 0 Å². The molecule has 2 heterocycles. The van der Waals surface area contributed by atoms with Gasteiger partial charge in [0.05, 0.1) is 0 Å². The van der Waals surface area contributed by atoms with Crippen LogP contribution in [0.25, 0.3) is 0 Å². The molecule has 1 aliphatic heterocycles. The Hall–Kier alpha value is -1.49. The Morgan fingerprint density at radius 2 is 2.22 bits per heavy atom. The summed E-state index contributed by atoms with van der Waals surface area (Å²) < 4.78 is 7.76. The Morgan fingerprint density at radius 3 is 2.91 bits per heavy atom. The van der Waals surface area contributed by atoms with E-state index in [4.69, 9.17) is 4.74 Å². The summed E-state index contributed by atoms with van der Waals surface area (Å²) in [4.78, 5) is 14.2. The van der Waals surface area contributed by atoms with Gasteiger partial charge in [0.2, 0.25) is 0 Å². The molecule has 1 N–H and O–H groups in total. The molecule has 1 amide bonds. The molecule has 1 saturated heterocycles. The van der Waals surface area contributed by atoms with Gasteiger partial charge in [-0.1, -0.05) is 0 Å². The van der Waals surface area contributed by atoms with E-state index in [1.54, 1.807) is 0 Å². The molecule has 5 nitrogen and oxygen atoms in total. The van der Waals surface area contributed by atoms with Crippen molar-refractivity contribution in [2.45, 2.75) is 71.7 Å². The third-order valence-electron chi connectivity index (χ3n) is 4.23. The van der Waals surface area contributed by atoms with Crippen LogP contribution in [0.15, 0.2) is 18.3 Å². The van der Waals surface area contributed by atoms with E-state index in [-0.39, 0.29) is 6.09 Å². The van der Waals surface area contributed by atoms with Crippen LogP contribution >= 0.6 is 0 Å². The van der Waals surface area contributed by atoms with Crippen LogP contribution in [0.2, 0.25) is 0 Å². The molecule has 0 saturated carbocycles. The van der Waals surface area contributed by atoms with E-state index in [1.165, 1.54) is 5.69 Å². The fourth-order valence-corrected chi connectivity index (χ4v) is 3.10. The molecule has 130 valence electrons. The van der Waals surface area contributed by atoms with E-state index in [2.05, 4.69) is 35.1 Å². The summed E-state index contributed by atoms with van der Waals surface area (Å²) in [7, 11) is 0. The highest BCUT2D eigenvalue weighted by Crippen LogP contribution is 2.22. The van der Waals surface area contributed by atoms with Crippen molar-refractivity contribution in [2.24, 2.45) is 0 Å². The minimum Gasteiger partial charge on any atom is -0.444 e. The molecule has 2 rings (SSSR count). The molecular weight excluding hydrogens is 290 g/mol. The highest BCUT2D eigenvalue weighted by Gasteiger charge is 2.31. The largest absolute Gasteiger partial charge is 0.444 e. The van der Waals surface area contributed by atoms with E-state index in [9.17, 15) is 4.79 Å². The smallest absolute Gasteiger partial charge is 0.410 e. The second-order valence-corrected chi connectivity index (χ2v) is 7.22. The first-order chi connectivity index (χ1) is 10.9. The van der Waals surface area contributed by atoms with Gasteiger partial charge in [0.1, 0.15) is 5.60 Å². The number of rotatable bonds is 6. The minimum atomic E-state index is -0.423. The van der Waals surface area contributed by atoms with Crippen molar-refractivity contribution in [1.82, 2.24) is 14.8 Å². The van der Waals surface area contributed by atoms with Gasteiger partial charge in [0.25, 0.3) is 0 Å². The van der Waals surface area contributed by atoms with Crippen molar-refractivity contribution in [3.63, 3.8) is 0 Å². The normalized spacial score (nSPS) is 18.4. The number of aryl methyl sites for hydroxylation is 1. The molecule has 1 aromatic rings. The van der Waals surface area contributed by atoms with E-state index in [1.807, 2.05) is 25.7 Å². The number of ether oxygens (including phenoxy) is 1. The van der Waals surface area contributed by atoms with E-state index in [0.717, 1.165) is 45.4 Å². The summed E-state index contributed by atoms with van der Waals surface area (Å²) in [5.74, 6) is 0. The average Bonchev–Trinajstić information content (AvgIpc) is 3.10. The predicted molar refractivity (Wildman–Crippen MR) is 92.4 cm³/mol. The van der Waals surface area contributed by atoms with Gasteiger partial charge in [-0.25, -0.2) is 4.79 Å². The lowest BCUT2D eigenvalue weighted by molar-refractivity contribution is 0.0220. The molecule has 1 atom stereocenters. The Labute approximate surface area is 140 Å². The summed E-state index contributed by atoms with van der Waals surface area (Å²) in [6, 6.07) is 4.54. The van der Waals surface area contributed by atoms with Crippen LogP contribution in [0.1, 0.15) is 52.7 Å². The first-order valence-corrected chi connectivity index (χ1v) is 8.75. The number of nitrogens with zero attached hydrogens (tertiary/aromatic N) is 2. The second kappa shape index (κ2) is 7.86. The lowest BCUT2D eigenvalue weighted by Crippen LogP contribution is -2.40. The molecule has 0 spiro atoms. The first kappa shape index (κ1) is 17.9. The van der Waals surface area contributed by atoms with Crippen molar-refractivity contribution in [2.75, 3.05) is 13.1 Å². The monoisotopic (exact) mass is 321 g/mol. The molecule has 0 bridgehead atoms. The summed E-state index contributed by atoms with van der Waals surface area (Å²) in [6.45, 7) is 11.5. The van der Waals surface area contributed by atoms with Gasteiger partial charge >= 0.3 is 6.09 Å². The summed E-state index contributed by atoms with van der Waals surface area (Å²) in [5, 5.41) is 3.50. The molecule has 1 unspecified atom stereocenters. The third kappa shape index (κ3) is 5.27. The van der Waals surface area contributed by atoms with E-state index < -0.39 is 5.60 Å². The van der Waals surface area contributed by atoms with Gasteiger partial charge in [0, 0.05) is 37.6 Å². The Kier molecular flexibility index (Phi) is 6.10. The summed E-state index contributed by atoms with van der Waals surface area (Å²) in [5.41, 5.74) is 0.886. The van der Waals surface area contributed by atoms with Gasteiger partial charge in [-0.2, -0.15) is 0 Å². The summed E-state index contributed by atoms with van der Waals surface area (Å²) in [6.07, 6.45) is 5.07. The van der Waals surface area contributed by atoms with Crippen LogP contribution in [0, 0.1) is 0 Å². The van der Waals surface area contributed by atoms with Crippen LogP contribution in [-0.4, -0.2) is 40.3 Å². The van der Waals surface area contributed by atoms with Gasteiger partial charge in [-0.05, 0) is 65.6 Å². The zero-order chi connectivity index (χ0) is 16.9. The maximum Gasteiger partial charge on any atom is 0.410 e. The zero-order valence-corrected chi connectivity index (χ0v) is 15.0. The molecule has 5 heteroatoms. The van der Waals surface area contributed by atoms with Crippen molar-refractivity contribution < 1.29 is 9.53 Å². The second-order valence-electron chi connectivity index (χ2n) is 7.22. The molecule has 23 heavy (non-hydrogen) atoms. The van der Waals surface area contributed by atoms with Gasteiger partial charge < -0.3 is 19.5 Å². The van der Waals surface area contributed by atoms with Gasteiger partial charge in [0.15, 0.2) is 0 Å². The number of carbonyl (C=O) groups is 1. The molecule has 0 aliphatic carbocycles. The molecule has 1 aliphatic rings. The van der Waals surface area contributed by atoms with Crippen LogP contribution in [0.5, 0.6) is 0 Å². The van der Waals surface area contributed by atoms with Crippen LogP contribution in [0.3, 0.4) is 0 Å². The lowest BCUT2D eigenvalue weighted by atomic mass is 10.1. The number of nitrogens with one attached hydrogen (secondary N) is 1. The number of amides is 1. The maximum atomic E-state index is 12.3. The first-order valence-electron chi connectivity index (χ1n) is 8.75. The maximum absolute atomic E-state index is 12.3. The van der Waals surface area contributed by atoms with E-state index in [0.29, 0.717) is 6.04 Å². The van der Waals surface area contributed by atoms with Crippen molar-refractivity contribution >= 4 is 6.09 Å². The fraction of sp³-hybridized carbons (Fsp3) is 0.722. The van der Waals surface area contributed by atoms with Crippen molar-refractivity contribution in [3.05, 3.63) is 24.0 Å². The fourth-order valence-electron chi connectivity index (χ4n) is 3.10. The lowest BCUT2D eigenvalue weighted by Gasteiger charge is -2.28. The topological polar surface area (TPSA) is 46.5 Å². The van der Waals surface area contributed by atoms with E-state index >= 15 is 0 Å². The molecule has 1 aromatic heterocycles. The standard InChI is InChI=1S/C18H31N3O2/c1-5-20-12-6-9-16(20)14-19-11-10-15-8-7-13-21(15)17(22)23-18(2,3)4/h6,9,12,15,19H,5,7-8,10-11,13-14H2,1-4H3. The number of hydrogen-bond acceptors (Lipinski definition) is 3. The number of likely N-dealkylation sites (tertiary alicyclic amines) is 1. The van der Waals surface area contributed by atoms with Crippen molar-refractivity contribution in [1.29, 1.82) is 0 Å². The SMILES string of the molecule is CCn1cccc1CNCCC1CCCN1C(=O)OC(C)(C)C. The average molecular weight is 321 g/mol. The molecular formula is C18H31N3O2. The van der Waals surface area contributed by atoms with Crippen LogP contribution < -0.4 is 5.32 Å². The Balaban J connectivity index is 1.75. The Morgan fingerprint density at radius 1 is 1.43 bits per heavy atom. The predicted octanol–water partition coefficient (Wildman–Crippen LogP) is 3.39. The minimum absolute atomic E-state index is 0.167.